The molecule has 2 rings (SSSR count). The Morgan fingerprint density at radius 1 is 1.06 bits per heavy atom. The molecule has 2 aromatic rings. The van der Waals surface area contributed by atoms with Crippen molar-refractivity contribution in [3.05, 3.63) is 53.1 Å². The van der Waals surface area contributed by atoms with Gasteiger partial charge in [0.2, 0.25) is 5.82 Å². The topological polar surface area (TPSA) is 35.2 Å². The lowest BCUT2D eigenvalue weighted by molar-refractivity contribution is 0.416. The van der Waals surface area contributed by atoms with E-state index >= 15 is 0 Å². The Balaban J connectivity index is 2.35. The van der Waals surface area contributed by atoms with Crippen LogP contribution in [0.4, 0.5) is 14.5 Å². The fourth-order valence-electron chi connectivity index (χ4n) is 1.28. The zero-order valence-electron chi connectivity index (χ0n) is 8.58. The van der Waals surface area contributed by atoms with Gasteiger partial charge in [0.15, 0.2) is 11.6 Å². The molecule has 0 radical (unpaired) electrons. The molecule has 0 saturated carbocycles. The number of rotatable bonds is 2. The Bertz CT molecular complexity index is 560. The minimum atomic E-state index is -1.06. The van der Waals surface area contributed by atoms with Gasteiger partial charge in [-0.25, -0.2) is 4.39 Å². The van der Waals surface area contributed by atoms with Crippen molar-refractivity contribution in [1.29, 1.82) is 0 Å². The molecule has 5 heteroatoms. The molecule has 0 saturated heterocycles. The van der Waals surface area contributed by atoms with Gasteiger partial charge in [-0.2, -0.15) is 4.39 Å². The van der Waals surface area contributed by atoms with Gasteiger partial charge >= 0.3 is 0 Å². The third-order valence-corrected chi connectivity index (χ3v) is 2.39. The van der Waals surface area contributed by atoms with E-state index in [1.807, 2.05) is 0 Å². The maximum atomic E-state index is 13.3. The van der Waals surface area contributed by atoms with Gasteiger partial charge < -0.3 is 10.5 Å². The third-order valence-electron chi connectivity index (χ3n) is 2.09. The predicted octanol–water partition coefficient (Wildman–Crippen LogP) is 3.99. The molecule has 0 aromatic heterocycles. The molecule has 0 aliphatic carbocycles. The van der Waals surface area contributed by atoms with Gasteiger partial charge in [-0.05, 0) is 30.3 Å². The van der Waals surface area contributed by atoms with E-state index in [9.17, 15) is 8.78 Å². The van der Waals surface area contributed by atoms with Gasteiger partial charge in [0.25, 0.3) is 0 Å². The summed E-state index contributed by atoms with van der Waals surface area (Å²) in [6.07, 6.45) is 0. The van der Waals surface area contributed by atoms with Crippen LogP contribution in [0.25, 0.3) is 0 Å². The molecule has 0 aliphatic rings. The number of hydrogen-bond donors (Lipinski definition) is 1. The molecule has 0 fully saturated rings. The molecule has 0 heterocycles. The molecular formula is C12H8ClF2NO. The highest BCUT2D eigenvalue weighted by atomic mass is 35.5. The Hall–Kier alpha value is -1.81. The molecular weight excluding hydrogens is 248 g/mol. The van der Waals surface area contributed by atoms with Crippen LogP contribution in [0.2, 0.25) is 5.02 Å². The number of ether oxygens (including phenoxy) is 1. The number of hydrogen-bond acceptors (Lipinski definition) is 2. The van der Waals surface area contributed by atoms with E-state index in [0.29, 0.717) is 5.69 Å². The Kier molecular flexibility index (Phi) is 3.15. The highest BCUT2D eigenvalue weighted by Crippen LogP contribution is 2.32. The molecule has 2 nitrogen and oxygen atoms in total. The zero-order valence-corrected chi connectivity index (χ0v) is 9.34. The van der Waals surface area contributed by atoms with Crippen LogP contribution in [0.15, 0.2) is 36.4 Å². The SMILES string of the molecule is Nc1ccc(Oc2cccc(F)c2F)c(Cl)c1. The molecule has 0 atom stereocenters. The average Bonchev–Trinajstić information content (AvgIpc) is 2.28. The standard InChI is InChI=1S/C12H8ClF2NO/c13-8-6-7(16)4-5-10(8)17-11-3-1-2-9(14)12(11)15/h1-6H,16H2. The fraction of sp³-hybridized carbons (Fsp3) is 0. The Labute approximate surface area is 102 Å². The van der Waals surface area contributed by atoms with E-state index in [2.05, 4.69) is 0 Å². The Morgan fingerprint density at radius 3 is 2.53 bits per heavy atom. The number of benzene rings is 2. The Morgan fingerprint density at radius 2 is 1.82 bits per heavy atom. The van der Waals surface area contributed by atoms with E-state index in [1.54, 1.807) is 6.07 Å². The highest BCUT2D eigenvalue weighted by Gasteiger charge is 2.11. The normalized spacial score (nSPS) is 10.3. The minimum absolute atomic E-state index is 0.213. The van der Waals surface area contributed by atoms with Crippen LogP contribution in [0, 0.1) is 11.6 Å². The van der Waals surface area contributed by atoms with Gasteiger partial charge in [0, 0.05) is 5.69 Å². The second-order valence-electron chi connectivity index (χ2n) is 3.34. The summed E-state index contributed by atoms with van der Waals surface area (Å²) in [5, 5.41) is 0.230. The van der Waals surface area contributed by atoms with E-state index in [0.717, 1.165) is 6.07 Å². The van der Waals surface area contributed by atoms with Crippen molar-refractivity contribution in [2.75, 3.05) is 5.73 Å². The van der Waals surface area contributed by atoms with Crippen LogP contribution in [0.5, 0.6) is 11.5 Å². The monoisotopic (exact) mass is 255 g/mol. The lowest BCUT2D eigenvalue weighted by Crippen LogP contribution is -1.93. The third kappa shape index (κ3) is 2.47. The molecule has 0 spiro atoms. The van der Waals surface area contributed by atoms with Crippen LogP contribution in [-0.4, -0.2) is 0 Å². The number of halogens is 3. The first kappa shape index (κ1) is 11.7. The number of nitrogen functional groups attached to an aromatic ring is 1. The highest BCUT2D eigenvalue weighted by molar-refractivity contribution is 6.32. The van der Waals surface area contributed by atoms with E-state index in [1.165, 1.54) is 24.3 Å². The minimum Gasteiger partial charge on any atom is -0.453 e. The van der Waals surface area contributed by atoms with Crippen molar-refractivity contribution in [2.45, 2.75) is 0 Å². The van der Waals surface area contributed by atoms with Gasteiger partial charge in [-0.15, -0.1) is 0 Å². The summed E-state index contributed by atoms with van der Waals surface area (Å²) in [4.78, 5) is 0. The number of anilines is 1. The van der Waals surface area contributed by atoms with Gasteiger partial charge in [0.05, 0.1) is 5.02 Å². The summed E-state index contributed by atoms with van der Waals surface area (Å²) in [5.41, 5.74) is 5.96. The van der Waals surface area contributed by atoms with Gasteiger partial charge in [-0.1, -0.05) is 17.7 Å². The second-order valence-corrected chi connectivity index (χ2v) is 3.75. The van der Waals surface area contributed by atoms with Gasteiger partial charge in [0.1, 0.15) is 5.75 Å². The first-order valence-corrected chi connectivity index (χ1v) is 5.12. The van der Waals surface area contributed by atoms with Crippen LogP contribution < -0.4 is 10.5 Å². The molecule has 88 valence electrons. The largest absolute Gasteiger partial charge is 0.453 e. The molecule has 0 amide bonds. The van der Waals surface area contributed by atoms with E-state index < -0.39 is 11.6 Å². The molecule has 17 heavy (non-hydrogen) atoms. The lowest BCUT2D eigenvalue weighted by atomic mass is 10.3. The summed E-state index contributed by atoms with van der Waals surface area (Å²) in [5.74, 6) is -2.04. The zero-order chi connectivity index (χ0) is 12.4. The molecule has 2 aromatic carbocycles. The van der Waals surface area contributed by atoms with Gasteiger partial charge in [-0.3, -0.25) is 0 Å². The molecule has 2 N–H and O–H groups in total. The molecule has 0 aliphatic heterocycles. The van der Waals surface area contributed by atoms with Crippen molar-refractivity contribution in [3.63, 3.8) is 0 Å². The van der Waals surface area contributed by atoms with E-state index in [-0.39, 0.29) is 16.5 Å². The summed E-state index contributed by atoms with van der Waals surface area (Å²) in [6, 6.07) is 8.17. The van der Waals surface area contributed by atoms with Crippen molar-refractivity contribution in [3.8, 4) is 11.5 Å². The van der Waals surface area contributed by atoms with E-state index in [4.69, 9.17) is 22.1 Å². The summed E-state index contributed by atoms with van der Waals surface area (Å²) in [6.45, 7) is 0. The maximum absolute atomic E-state index is 13.3. The molecule has 0 bridgehead atoms. The first-order chi connectivity index (χ1) is 8.08. The summed E-state index contributed by atoms with van der Waals surface area (Å²) < 4.78 is 31.4. The fourth-order valence-corrected chi connectivity index (χ4v) is 1.51. The van der Waals surface area contributed by atoms with Crippen LogP contribution in [0.3, 0.4) is 0 Å². The van der Waals surface area contributed by atoms with Crippen molar-refractivity contribution >= 4 is 17.3 Å². The van der Waals surface area contributed by atoms with Crippen molar-refractivity contribution < 1.29 is 13.5 Å². The quantitative estimate of drug-likeness (QED) is 0.824. The smallest absolute Gasteiger partial charge is 0.201 e. The van der Waals surface area contributed by atoms with Crippen molar-refractivity contribution in [1.82, 2.24) is 0 Å². The number of nitrogens with two attached hydrogens (primary N) is 1. The second kappa shape index (κ2) is 4.59. The van der Waals surface area contributed by atoms with Crippen molar-refractivity contribution in [2.24, 2.45) is 0 Å². The van der Waals surface area contributed by atoms with Crippen LogP contribution in [0.1, 0.15) is 0 Å². The molecule has 0 unspecified atom stereocenters. The predicted molar refractivity (Wildman–Crippen MR) is 62.3 cm³/mol. The van der Waals surface area contributed by atoms with Crippen LogP contribution in [-0.2, 0) is 0 Å². The van der Waals surface area contributed by atoms with Crippen LogP contribution >= 0.6 is 11.6 Å². The average molecular weight is 256 g/mol. The summed E-state index contributed by atoms with van der Waals surface area (Å²) in [7, 11) is 0. The first-order valence-electron chi connectivity index (χ1n) is 4.75. The lowest BCUT2D eigenvalue weighted by Gasteiger charge is -2.08. The summed E-state index contributed by atoms with van der Waals surface area (Å²) >= 11 is 5.85. The maximum Gasteiger partial charge on any atom is 0.201 e.